The molecule has 20 heavy (non-hydrogen) atoms. The average molecular weight is 296 g/mol. The lowest BCUT2D eigenvalue weighted by molar-refractivity contribution is 0.0957. The van der Waals surface area contributed by atoms with Gasteiger partial charge in [0.1, 0.15) is 10.7 Å². The highest BCUT2D eigenvalue weighted by Crippen LogP contribution is 2.33. The van der Waals surface area contributed by atoms with Crippen molar-refractivity contribution in [1.29, 1.82) is 0 Å². The lowest BCUT2D eigenvalue weighted by Crippen LogP contribution is -2.24. The van der Waals surface area contributed by atoms with Crippen molar-refractivity contribution >= 4 is 28.2 Å². The maximum Gasteiger partial charge on any atom is 0.265 e. The number of rotatable bonds is 8. The highest BCUT2D eigenvalue weighted by molar-refractivity contribution is 7.18. The summed E-state index contributed by atoms with van der Waals surface area (Å²) >= 11 is 1.38. The molecule has 1 fully saturated rings. The second-order valence-electron chi connectivity index (χ2n) is 5.22. The Kier molecular flexibility index (Phi) is 5.23. The van der Waals surface area contributed by atoms with E-state index >= 15 is 0 Å². The number of nitrogen functional groups attached to an aromatic ring is 1. The number of nitrogens with zero attached hydrogens (tertiary/aromatic N) is 2. The van der Waals surface area contributed by atoms with Crippen molar-refractivity contribution in [2.24, 2.45) is 5.92 Å². The lowest BCUT2D eigenvalue weighted by Gasteiger charge is -2.16. The normalized spacial score (nSPS) is 14.3. The molecule has 0 unspecified atom stereocenters. The predicted octanol–water partition coefficient (Wildman–Crippen LogP) is 2.49. The van der Waals surface area contributed by atoms with Crippen LogP contribution in [0, 0.1) is 5.92 Å². The van der Waals surface area contributed by atoms with Crippen molar-refractivity contribution in [2.75, 3.05) is 30.3 Å². The molecule has 0 spiro atoms. The van der Waals surface area contributed by atoms with Crippen LogP contribution in [0.4, 0.5) is 10.9 Å². The highest BCUT2D eigenvalue weighted by atomic mass is 32.1. The fourth-order valence-corrected chi connectivity index (χ4v) is 3.22. The summed E-state index contributed by atoms with van der Waals surface area (Å²) in [6, 6.07) is 0. The second-order valence-corrected chi connectivity index (χ2v) is 6.20. The van der Waals surface area contributed by atoms with Gasteiger partial charge in [-0.05, 0) is 32.6 Å². The molecule has 0 aromatic carbocycles. The Bertz CT molecular complexity index is 452. The van der Waals surface area contributed by atoms with Gasteiger partial charge in [-0.25, -0.2) is 4.98 Å². The van der Waals surface area contributed by atoms with E-state index in [0.717, 1.165) is 37.1 Å². The molecule has 1 aromatic rings. The van der Waals surface area contributed by atoms with Crippen molar-refractivity contribution in [3.05, 3.63) is 4.88 Å². The monoisotopic (exact) mass is 296 g/mol. The second kappa shape index (κ2) is 6.92. The van der Waals surface area contributed by atoms with Crippen molar-refractivity contribution in [3.63, 3.8) is 0 Å². The van der Waals surface area contributed by atoms with E-state index in [-0.39, 0.29) is 5.91 Å². The zero-order valence-electron chi connectivity index (χ0n) is 12.3. The van der Waals surface area contributed by atoms with Gasteiger partial charge in [0.15, 0.2) is 5.13 Å². The van der Waals surface area contributed by atoms with E-state index in [1.807, 2.05) is 0 Å². The maximum absolute atomic E-state index is 12.1. The van der Waals surface area contributed by atoms with Crippen LogP contribution in [-0.4, -0.2) is 30.5 Å². The minimum absolute atomic E-state index is 0.0887. The van der Waals surface area contributed by atoms with Crippen LogP contribution >= 0.6 is 11.3 Å². The van der Waals surface area contributed by atoms with Gasteiger partial charge in [-0.1, -0.05) is 24.2 Å². The number of aromatic nitrogens is 1. The van der Waals surface area contributed by atoms with Gasteiger partial charge in [0.2, 0.25) is 0 Å². The summed E-state index contributed by atoms with van der Waals surface area (Å²) in [4.78, 5) is 19.0. The van der Waals surface area contributed by atoms with Crippen molar-refractivity contribution < 1.29 is 4.79 Å². The zero-order chi connectivity index (χ0) is 14.5. The van der Waals surface area contributed by atoms with Crippen LogP contribution in [0.2, 0.25) is 0 Å². The first-order valence-corrected chi connectivity index (χ1v) is 8.26. The third-order valence-corrected chi connectivity index (χ3v) is 4.78. The smallest absolute Gasteiger partial charge is 0.265 e. The van der Waals surface area contributed by atoms with Gasteiger partial charge in [-0.2, -0.15) is 0 Å². The Hall–Kier alpha value is -1.30. The van der Waals surface area contributed by atoms with Gasteiger partial charge in [0.05, 0.1) is 0 Å². The van der Waals surface area contributed by atoms with Gasteiger partial charge in [0, 0.05) is 19.6 Å². The van der Waals surface area contributed by atoms with Gasteiger partial charge >= 0.3 is 0 Å². The number of hydrogen-bond donors (Lipinski definition) is 2. The summed E-state index contributed by atoms with van der Waals surface area (Å²) in [7, 11) is 0. The summed E-state index contributed by atoms with van der Waals surface area (Å²) in [6.07, 6.45) is 5.01. The summed E-state index contributed by atoms with van der Waals surface area (Å²) in [6.45, 7) is 6.60. The average Bonchev–Trinajstić information content (AvgIpc) is 3.18. The van der Waals surface area contributed by atoms with E-state index in [0.29, 0.717) is 10.7 Å². The first-order valence-electron chi connectivity index (χ1n) is 7.45. The number of carbonyl (C=O) groups excluding carboxylic acids is 1. The Morgan fingerprint density at radius 2 is 2.15 bits per heavy atom. The molecule has 1 aromatic heterocycles. The number of amides is 1. The van der Waals surface area contributed by atoms with Crippen LogP contribution < -0.4 is 16.0 Å². The number of anilines is 2. The standard InChI is InChI=1S/C14H24N4OS/c1-3-18(4-2)14-17-12(15)11(20-14)13(19)16-9-5-6-10-7-8-10/h10H,3-9,15H2,1-2H3,(H,16,19). The summed E-state index contributed by atoms with van der Waals surface area (Å²) in [5, 5.41) is 3.77. The fourth-order valence-electron chi connectivity index (χ4n) is 2.19. The summed E-state index contributed by atoms with van der Waals surface area (Å²) in [5.41, 5.74) is 5.86. The molecule has 0 atom stereocenters. The molecule has 1 heterocycles. The molecule has 0 aliphatic heterocycles. The first-order chi connectivity index (χ1) is 9.65. The molecule has 2 rings (SSSR count). The molecular weight excluding hydrogens is 272 g/mol. The molecule has 6 heteroatoms. The molecule has 0 saturated heterocycles. The number of thiazole rings is 1. The van der Waals surface area contributed by atoms with Crippen LogP contribution in [0.5, 0.6) is 0 Å². The highest BCUT2D eigenvalue weighted by Gasteiger charge is 2.21. The minimum atomic E-state index is -0.0887. The fraction of sp³-hybridized carbons (Fsp3) is 0.714. The number of nitrogens with one attached hydrogen (secondary N) is 1. The molecule has 0 radical (unpaired) electrons. The van der Waals surface area contributed by atoms with E-state index in [2.05, 4.69) is 29.0 Å². The molecule has 5 nitrogen and oxygen atoms in total. The van der Waals surface area contributed by atoms with E-state index in [1.165, 1.54) is 30.6 Å². The Balaban J connectivity index is 1.87. The summed E-state index contributed by atoms with van der Waals surface area (Å²) in [5.74, 6) is 1.17. The SMILES string of the molecule is CCN(CC)c1nc(N)c(C(=O)NCCCC2CC2)s1. The third kappa shape index (κ3) is 3.85. The molecular formula is C14H24N4OS. The Morgan fingerprint density at radius 1 is 1.45 bits per heavy atom. The Morgan fingerprint density at radius 3 is 2.75 bits per heavy atom. The Labute approximate surface area is 124 Å². The number of nitrogens with two attached hydrogens (primary N) is 1. The number of hydrogen-bond acceptors (Lipinski definition) is 5. The van der Waals surface area contributed by atoms with Crippen molar-refractivity contribution in [1.82, 2.24) is 10.3 Å². The summed E-state index contributed by atoms with van der Waals surface area (Å²) < 4.78 is 0. The van der Waals surface area contributed by atoms with E-state index in [1.54, 1.807) is 0 Å². The van der Waals surface area contributed by atoms with Crippen LogP contribution in [0.15, 0.2) is 0 Å². The van der Waals surface area contributed by atoms with E-state index in [9.17, 15) is 4.79 Å². The van der Waals surface area contributed by atoms with Gasteiger partial charge < -0.3 is 16.0 Å². The first kappa shape index (κ1) is 15.1. The molecule has 1 amide bonds. The van der Waals surface area contributed by atoms with Gasteiger partial charge in [-0.15, -0.1) is 0 Å². The van der Waals surface area contributed by atoms with E-state index < -0.39 is 0 Å². The number of carbonyl (C=O) groups is 1. The van der Waals surface area contributed by atoms with Gasteiger partial charge in [0.25, 0.3) is 5.91 Å². The molecule has 1 saturated carbocycles. The zero-order valence-corrected chi connectivity index (χ0v) is 13.1. The van der Waals surface area contributed by atoms with Gasteiger partial charge in [-0.3, -0.25) is 4.79 Å². The molecule has 1 aliphatic rings. The van der Waals surface area contributed by atoms with E-state index in [4.69, 9.17) is 5.73 Å². The lowest BCUT2D eigenvalue weighted by atomic mass is 10.2. The molecule has 1 aliphatic carbocycles. The predicted molar refractivity (Wildman–Crippen MR) is 84.4 cm³/mol. The van der Waals surface area contributed by atoms with Crippen molar-refractivity contribution in [2.45, 2.75) is 39.5 Å². The van der Waals surface area contributed by atoms with Crippen LogP contribution in [0.1, 0.15) is 49.2 Å². The minimum Gasteiger partial charge on any atom is -0.382 e. The maximum atomic E-state index is 12.1. The molecule has 0 bridgehead atoms. The largest absolute Gasteiger partial charge is 0.382 e. The van der Waals surface area contributed by atoms with Crippen LogP contribution in [0.3, 0.4) is 0 Å². The molecule has 112 valence electrons. The topological polar surface area (TPSA) is 71.2 Å². The molecule has 3 N–H and O–H groups in total. The van der Waals surface area contributed by atoms with Crippen molar-refractivity contribution in [3.8, 4) is 0 Å². The third-order valence-electron chi connectivity index (χ3n) is 3.65. The van der Waals surface area contributed by atoms with Crippen LogP contribution in [0.25, 0.3) is 0 Å². The van der Waals surface area contributed by atoms with Crippen LogP contribution in [-0.2, 0) is 0 Å². The quantitative estimate of drug-likeness (QED) is 0.723.